The van der Waals surface area contributed by atoms with Gasteiger partial charge >= 0.3 is 5.97 Å². The van der Waals surface area contributed by atoms with Crippen LogP contribution in [0.15, 0.2) is 33.9 Å². The fraction of sp³-hybridized carbons (Fsp3) is 0.250. The van der Waals surface area contributed by atoms with Crippen molar-refractivity contribution in [3.05, 3.63) is 34.6 Å². The van der Waals surface area contributed by atoms with Gasteiger partial charge in [0.05, 0.1) is 5.75 Å². The summed E-state index contributed by atoms with van der Waals surface area (Å²) in [5.74, 6) is 0.434. The van der Waals surface area contributed by atoms with E-state index in [4.69, 9.17) is 9.84 Å². The minimum atomic E-state index is -0.884. The lowest BCUT2D eigenvalue weighted by Gasteiger charge is -2.06. The number of carboxylic acids is 1. The Morgan fingerprint density at radius 1 is 1.50 bits per heavy atom. The SMILES string of the molecule is Cn1c(COc2cccc(Br)c2)nnc1SCC(=O)O. The quantitative estimate of drug-likeness (QED) is 0.799. The number of halogens is 1. The molecule has 0 aliphatic heterocycles. The second-order valence-electron chi connectivity index (χ2n) is 3.89. The van der Waals surface area contributed by atoms with Crippen LogP contribution in [0.1, 0.15) is 5.82 Å². The predicted molar refractivity (Wildman–Crippen MR) is 77.8 cm³/mol. The molecule has 1 aromatic carbocycles. The molecular weight excluding hydrogens is 346 g/mol. The van der Waals surface area contributed by atoms with Gasteiger partial charge in [0.1, 0.15) is 12.4 Å². The number of rotatable bonds is 6. The molecule has 2 rings (SSSR count). The van der Waals surface area contributed by atoms with E-state index in [2.05, 4.69) is 26.1 Å². The molecule has 0 atom stereocenters. The topological polar surface area (TPSA) is 77.2 Å². The zero-order valence-electron chi connectivity index (χ0n) is 10.6. The predicted octanol–water partition coefficient (Wildman–Crippen LogP) is 2.33. The lowest BCUT2D eigenvalue weighted by Crippen LogP contribution is -2.05. The molecule has 0 radical (unpaired) electrons. The van der Waals surface area contributed by atoms with Crippen molar-refractivity contribution in [1.82, 2.24) is 14.8 Å². The van der Waals surface area contributed by atoms with Crippen LogP contribution in [-0.4, -0.2) is 31.6 Å². The van der Waals surface area contributed by atoms with Crippen LogP contribution in [0.25, 0.3) is 0 Å². The van der Waals surface area contributed by atoms with Crippen molar-refractivity contribution in [2.24, 2.45) is 7.05 Å². The van der Waals surface area contributed by atoms with E-state index >= 15 is 0 Å². The van der Waals surface area contributed by atoms with Crippen LogP contribution in [0.3, 0.4) is 0 Å². The molecule has 0 spiro atoms. The van der Waals surface area contributed by atoms with Crippen molar-refractivity contribution >= 4 is 33.7 Å². The summed E-state index contributed by atoms with van der Waals surface area (Å²) in [6.07, 6.45) is 0. The molecule has 20 heavy (non-hydrogen) atoms. The molecule has 1 aromatic heterocycles. The van der Waals surface area contributed by atoms with Crippen molar-refractivity contribution in [2.45, 2.75) is 11.8 Å². The van der Waals surface area contributed by atoms with Gasteiger partial charge in [0, 0.05) is 11.5 Å². The molecule has 0 aliphatic carbocycles. The standard InChI is InChI=1S/C12H12BrN3O3S/c1-16-10(14-15-12(16)20-7-11(17)18)6-19-9-4-2-3-8(13)5-9/h2-5H,6-7H2,1H3,(H,17,18). The van der Waals surface area contributed by atoms with Gasteiger partial charge in [0.2, 0.25) is 0 Å². The first-order valence-corrected chi connectivity index (χ1v) is 7.45. The minimum absolute atomic E-state index is 0.0432. The van der Waals surface area contributed by atoms with E-state index in [0.29, 0.717) is 11.0 Å². The fourth-order valence-electron chi connectivity index (χ4n) is 1.43. The Hall–Kier alpha value is -1.54. The second kappa shape index (κ2) is 6.76. The van der Waals surface area contributed by atoms with Crippen LogP contribution in [0, 0.1) is 0 Å². The molecule has 6 nitrogen and oxygen atoms in total. The molecule has 0 saturated carbocycles. The number of carboxylic acid groups (broad SMARTS) is 1. The maximum atomic E-state index is 10.5. The number of nitrogens with zero attached hydrogens (tertiary/aromatic N) is 3. The summed E-state index contributed by atoms with van der Waals surface area (Å²) in [4.78, 5) is 10.5. The average molecular weight is 358 g/mol. The van der Waals surface area contributed by atoms with Crippen LogP contribution < -0.4 is 4.74 Å². The van der Waals surface area contributed by atoms with E-state index < -0.39 is 5.97 Å². The van der Waals surface area contributed by atoms with Gasteiger partial charge in [-0.15, -0.1) is 10.2 Å². The van der Waals surface area contributed by atoms with Crippen molar-refractivity contribution in [2.75, 3.05) is 5.75 Å². The first-order chi connectivity index (χ1) is 9.56. The molecule has 1 N–H and O–H groups in total. The summed E-state index contributed by atoms with van der Waals surface area (Å²) in [7, 11) is 1.78. The van der Waals surface area contributed by atoms with Crippen molar-refractivity contribution in [3.63, 3.8) is 0 Å². The zero-order valence-corrected chi connectivity index (χ0v) is 13.0. The number of aliphatic carboxylic acids is 1. The maximum absolute atomic E-state index is 10.5. The third-order valence-corrected chi connectivity index (χ3v) is 3.91. The highest BCUT2D eigenvalue weighted by atomic mass is 79.9. The molecule has 8 heteroatoms. The van der Waals surface area contributed by atoms with Crippen molar-refractivity contribution in [1.29, 1.82) is 0 Å². The third-order valence-electron chi connectivity index (χ3n) is 2.41. The Balaban J connectivity index is 1.98. The molecule has 0 saturated heterocycles. The van der Waals surface area contributed by atoms with E-state index in [0.717, 1.165) is 22.0 Å². The maximum Gasteiger partial charge on any atom is 0.313 e. The molecule has 0 fully saturated rings. The highest BCUT2D eigenvalue weighted by Crippen LogP contribution is 2.20. The first kappa shape index (κ1) is 14.9. The molecular formula is C12H12BrN3O3S. The number of hydrogen-bond acceptors (Lipinski definition) is 5. The summed E-state index contributed by atoms with van der Waals surface area (Å²) < 4.78 is 8.28. The van der Waals surface area contributed by atoms with Crippen LogP contribution in [0.4, 0.5) is 0 Å². The summed E-state index contributed by atoms with van der Waals surface area (Å²) in [6, 6.07) is 7.50. The number of thioether (sulfide) groups is 1. The van der Waals surface area contributed by atoms with E-state index in [1.54, 1.807) is 11.6 Å². The first-order valence-electron chi connectivity index (χ1n) is 5.67. The monoisotopic (exact) mass is 357 g/mol. The number of ether oxygens (including phenoxy) is 1. The van der Waals surface area contributed by atoms with Gasteiger partial charge in [0.25, 0.3) is 0 Å². The van der Waals surface area contributed by atoms with Crippen LogP contribution in [0.2, 0.25) is 0 Å². The van der Waals surface area contributed by atoms with Gasteiger partial charge in [-0.1, -0.05) is 33.8 Å². The summed E-state index contributed by atoms with van der Waals surface area (Å²) in [6.45, 7) is 0.271. The lowest BCUT2D eigenvalue weighted by molar-refractivity contribution is -0.133. The van der Waals surface area contributed by atoms with Gasteiger partial charge in [-0.05, 0) is 18.2 Å². The Labute approximate surface area is 128 Å². The molecule has 2 aromatic rings. The number of aromatic nitrogens is 3. The summed E-state index contributed by atoms with van der Waals surface area (Å²) in [5.41, 5.74) is 0. The molecule has 0 aliphatic rings. The zero-order chi connectivity index (χ0) is 14.5. The van der Waals surface area contributed by atoms with E-state index in [-0.39, 0.29) is 12.4 Å². The van der Waals surface area contributed by atoms with Crippen LogP contribution >= 0.6 is 27.7 Å². The Kier molecular flexibility index (Phi) is 5.02. The summed E-state index contributed by atoms with van der Waals surface area (Å²) in [5, 5.41) is 17.1. The van der Waals surface area contributed by atoms with Gasteiger partial charge in [0.15, 0.2) is 11.0 Å². The molecule has 1 heterocycles. The van der Waals surface area contributed by atoms with E-state index in [1.807, 2.05) is 24.3 Å². The van der Waals surface area contributed by atoms with Crippen LogP contribution in [0.5, 0.6) is 5.75 Å². The van der Waals surface area contributed by atoms with Gasteiger partial charge in [-0.25, -0.2) is 0 Å². The normalized spacial score (nSPS) is 10.5. The lowest BCUT2D eigenvalue weighted by atomic mass is 10.3. The highest BCUT2D eigenvalue weighted by Gasteiger charge is 2.11. The number of hydrogen-bond donors (Lipinski definition) is 1. The van der Waals surface area contributed by atoms with Crippen LogP contribution in [-0.2, 0) is 18.4 Å². The Bertz CT molecular complexity index is 618. The number of benzene rings is 1. The molecule has 0 amide bonds. The third kappa shape index (κ3) is 3.97. The smallest absolute Gasteiger partial charge is 0.313 e. The molecule has 106 valence electrons. The van der Waals surface area contributed by atoms with E-state index in [9.17, 15) is 4.79 Å². The van der Waals surface area contributed by atoms with Crippen molar-refractivity contribution < 1.29 is 14.6 Å². The molecule has 0 bridgehead atoms. The van der Waals surface area contributed by atoms with Crippen molar-refractivity contribution in [3.8, 4) is 5.75 Å². The fourth-order valence-corrected chi connectivity index (χ4v) is 2.46. The minimum Gasteiger partial charge on any atom is -0.486 e. The van der Waals surface area contributed by atoms with E-state index in [1.165, 1.54) is 0 Å². The van der Waals surface area contributed by atoms with Gasteiger partial charge in [-0.3, -0.25) is 4.79 Å². The van der Waals surface area contributed by atoms with Gasteiger partial charge in [-0.2, -0.15) is 0 Å². The molecule has 0 unspecified atom stereocenters. The largest absolute Gasteiger partial charge is 0.486 e. The summed E-state index contributed by atoms with van der Waals surface area (Å²) >= 11 is 4.50. The average Bonchev–Trinajstić information content (AvgIpc) is 2.75. The second-order valence-corrected chi connectivity index (χ2v) is 5.74. The Morgan fingerprint density at radius 3 is 3.00 bits per heavy atom. The number of carbonyl (C=O) groups is 1. The van der Waals surface area contributed by atoms with Gasteiger partial charge < -0.3 is 14.4 Å². The highest BCUT2D eigenvalue weighted by molar-refractivity contribution is 9.10. The Morgan fingerprint density at radius 2 is 2.30 bits per heavy atom.